The maximum Gasteiger partial charge on any atom is 0.0299 e. The Hall–Kier alpha value is -1.62. The third kappa shape index (κ3) is 4.45. The molecule has 0 unspecified atom stereocenters. The van der Waals surface area contributed by atoms with Crippen molar-refractivity contribution in [3.63, 3.8) is 0 Å². The van der Waals surface area contributed by atoms with Crippen LogP contribution >= 0.6 is 0 Å². The molecule has 0 atom stereocenters. The molecule has 4 nitrogen and oxygen atoms in total. The summed E-state index contributed by atoms with van der Waals surface area (Å²) in [5.74, 6) is 0. The van der Waals surface area contributed by atoms with Crippen LogP contribution in [0.2, 0.25) is 0 Å². The van der Waals surface area contributed by atoms with Crippen LogP contribution in [-0.4, -0.2) is 26.2 Å². The van der Waals surface area contributed by atoms with E-state index in [1.165, 1.54) is 22.7 Å². The van der Waals surface area contributed by atoms with E-state index in [0.29, 0.717) is 0 Å². The van der Waals surface area contributed by atoms with E-state index in [4.69, 9.17) is 0 Å². The fourth-order valence-electron chi connectivity index (χ4n) is 3.49. The maximum absolute atomic E-state index is 2.28. The minimum Gasteiger partial charge on any atom is -0.502 e. The SMILES string of the molecule is CCN1[CH-]N(CC)c2ccccc21.CCN1[CH-]N(CC)c2ccccc21.[Au]. The topological polar surface area (TPSA) is 13.0 Å². The quantitative estimate of drug-likeness (QED) is 0.397. The summed E-state index contributed by atoms with van der Waals surface area (Å²) in [4.78, 5) is 9.11. The zero-order chi connectivity index (χ0) is 18.5. The number of nitrogens with zero attached hydrogens (tertiary/aromatic N) is 4. The summed E-state index contributed by atoms with van der Waals surface area (Å²) >= 11 is 0. The maximum atomic E-state index is 2.28. The van der Waals surface area contributed by atoms with Gasteiger partial charge in [0.25, 0.3) is 0 Å². The van der Waals surface area contributed by atoms with Gasteiger partial charge in [-0.25, -0.2) is 0 Å². The largest absolute Gasteiger partial charge is 0.502 e. The Morgan fingerprint density at radius 2 is 0.741 bits per heavy atom. The summed E-state index contributed by atoms with van der Waals surface area (Å²) in [5, 5.41) is 0. The van der Waals surface area contributed by atoms with E-state index in [0.717, 1.165) is 26.2 Å². The minimum absolute atomic E-state index is 0. The second-order valence-electron chi connectivity index (χ2n) is 6.35. The van der Waals surface area contributed by atoms with E-state index in [-0.39, 0.29) is 22.4 Å². The number of hydrogen-bond donors (Lipinski definition) is 0. The molecule has 0 aliphatic carbocycles. The molecule has 0 fully saturated rings. The molecular formula is C22H30AuN4-2. The molecule has 0 saturated heterocycles. The molecule has 0 spiro atoms. The summed E-state index contributed by atoms with van der Waals surface area (Å²) in [6.07, 6.45) is 0. The van der Waals surface area contributed by atoms with E-state index in [1.807, 2.05) is 0 Å². The van der Waals surface area contributed by atoms with Gasteiger partial charge >= 0.3 is 0 Å². The zero-order valence-electron chi connectivity index (χ0n) is 16.7. The van der Waals surface area contributed by atoms with Crippen molar-refractivity contribution in [2.75, 3.05) is 45.8 Å². The molecule has 2 aromatic carbocycles. The second-order valence-corrected chi connectivity index (χ2v) is 6.35. The Morgan fingerprint density at radius 3 is 0.926 bits per heavy atom. The molecule has 0 bridgehead atoms. The van der Waals surface area contributed by atoms with Crippen molar-refractivity contribution in [1.82, 2.24) is 0 Å². The Balaban J connectivity index is 0.000000187. The van der Waals surface area contributed by atoms with Crippen LogP contribution in [0, 0.1) is 13.3 Å². The van der Waals surface area contributed by atoms with Crippen molar-refractivity contribution in [3.8, 4) is 0 Å². The molecule has 0 aromatic heterocycles. The first-order chi connectivity index (χ1) is 12.7. The normalized spacial score (nSPS) is 14.4. The molecular weight excluding hydrogens is 517 g/mol. The van der Waals surface area contributed by atoms with Gasteiger partial charge in [0.15, 0.2) is 0 Å². The number of anilines is 4. The first kappa shape index (κ1) is 21.7. The van der Waals surface area contributed by atoms with E-state index < -0.39 is 0 Å². The number of fused-ring (bicyclic) bond motifs is 2. The van der Waals surface area contributed by atoms with Gasteiger partial charge in [-0.1, -0.05) is 24.3 Å². The molecule has 151 valence electrons. The molecule has 4 rings (SSSR count). The van der Waals surface area contributed by atoms with Crippen LogP contribution < -0.4 is 19.6 Å². The summed E-state index contributed by atoms with van der Waals surface area (Å²) < 4.78 is 0. The van der Waals surface area contributed by atoms with Gasteiger partial charge in [0, 0.05) is 45.1 Å². The average Bonchev–Trinajstić information content (AvgIpc) is 3.26. The van der Waals surface area contributed by atoms with E-state index in [9.17, 15) is 0 Å². The first-order valence-electron chi connectivity index (χ1n) is 9.68. The first-order valence-corrected chi connectivity index (χ1v) is 9.68. The van der Waals surface area contributed by atoms with Gasteiger partial charge in [-0.15, -0.1) is 0 Å². The van der Waals surface area contributed by atoms with Crippen molar-refractivity contribution in [1.29, 1.82) is 0 Å². The van der Waals surface area contributed by atoms with E-state index in [2.05, 4.69) is 109 Å². The summed E-state index contributed by atoms with van der Waals surface area (Å²) in [7, 11) is 0. The zero-order valence-corrected chi connectivity index (χ0v) is 18.9. The molecule has 2 aromatic rings. The Morgan fingerprint density at radius 1 is 0.519 bits per heavy atom. The van der Waals surface area contributed by atoms with Crippen LogP contribution in [-0.2, 0) is 22.4 Å². The Kier molecular flexibility index (Phi) is 8.08. The van der Waals surface area contributed by atoms with E-state index in [1.54, 1.807) is 0 Å². The van der Waals surface area contributed by atoms with Crippen molar-refractivity contribution in [3.05, 3.63) is 61.9 Å². The smallest absolute Gasteiger partial charge is 0.0299 e. The van der Waals surface area contributed by atoms with Crippen LogP contribution in [0.25, 0.3) is 0 Å². The molecule has 2 heterocycles. The number of hydrogen-bond acceptors (Lipinski definition) is 4. The van der Waals surface area contributed by atoms with Gasteiger partial charge in [-0.3, -0.25) is 0 Å². The van der Waals surface area contributed by atoms with Crippen molar-refractivity contribution in [2.24, 2.45) is 0 Å². The molecule has 5 heteroatoms. The van der Waals surface area contributed by atoms with Gasteiger partial charge in [0.1, 0.15) is 0 Å². The Bertz CT molecular complexity index is 601. The molecule has 0 amide bonds. The molecule has 0 saturated carbocycles. The minimum atomic E-state index is 0. The average molecular weight is 547 g/mol. The predicted octanol–water partition coefficient (Wildman–Crippen LogP) is 4.94. The van der Waals surface area contributed by atoms with E-state index >= 15 is 0 Å². The number of rotatable bonds is 4. The van der Waals surface area contributed by atoms with Gasteiger partial charge in [-0.05, 0) is 78.1 Å². The summed E-state index contributed by atoms with van der Waals surface area (Å²) in [6, 6.07) is 17.1. The standard InChI is InChI=1S/2C11H15N2.Au/c2*1-3-12-9-13(4-2)11-8-6-5-7-10(11)12;/h2*5-9H,3-4H2,1-2H3;/q2*-1;. The molecule has 0 N–H and O–H groups in total. The molecule has 1 radical (unpaired) electrons. The van der Waals surface area contributed by atoms with Crippen LogP contribution in [0.1, 0.15) is 27.7 Å². The monoisotopic (exact) mass is 547 g/mol. The van der Waals surface area contributed by atoms with Crippen LogP contribution in [0.4, 0.5) is 22.7 Å². The fourth-order valence-corrected chi connectivity index (χ4v) is 3.49. The fraction of sp³-hybridized carbons (Fsp3) is 0.364. The van der Waals surface area contributed by atoms with Gasteiger partial charge in [0.2, 0.25) is 0 Å². The molecule has 2 aliphatic heterocycles. The number of benzene rings is 2. The van der Waals surface area contributed by atoms with Gasteiger partial charge in [-0.2, -0.15) is 13.3 Å². The third-order valence-corrected chi connectivity index (χ3v) is 4.92. The summed E-state index contributed by atoms with van der Waals surface area (Å²) in [6.45, 7) is 17.2. The van der Waals surface area contributed by atoms with Crippen molar-refractivity contribution >= 4 is 22.7 Å². The number of para-hydroxylation sites is 4. The summed E-state index contributed by atoms with van der Waals surface area (Å²) in [5.41, 5.74) is 5.30. The second kappa shape index (κ2) is 10.1. The van der Waals surface area contributed by atoms with Gasteiger partial charge < -0.3 is 19.6 Å². The van der Waals surface area contributed by atoms with Crippen molar-refractivity contribution in [2.45, 2.75) is 27.7 Å². The Labute approximate surface area is 180 Å². The van der Waals surface area contributed by atoms with Crippen LogP contribution in [0.5, 0.6) is 0 Å². The van der Waals surface area contributed by atoms with Crippen LogP contribution in [0.15, 0.2) is 48.5 Å². The molecule has 2 aliphatic rings. The predicted molar refractivity (Wildman–Crippen MR) is 114 cm³/mol. The molecule has 27 heavy (non-hydrogen) atoms. The van der Waals surface area contributed by atoms with Crippen molar-refractivity contribution < 1.29 is 22.4 Å². The van der Waals surface area contributed by atoms with Gasteiger partial charge in [0.05, 0.1) is 0 Å². The third-order valence-electron chi connectivity index (χ3n) is 4.92. The van der Waals surface area contributed by atoms with Crippen LogP contribution in [0.3, 0.4) is 0 Å².